The first kappa shape index (κ1) is 23.9. The van der Waals surface area contributed by atoms with Gasteiger partial charge in [0.05, 0.1) is 6.61 Å². The molecule has 0 bridgehead atoms. The number of anilines is 2. The summed E-state index contributed by atoms with van der Waals surface area (Å²) in [4.78, 5) is 10.6. The molecule has 0 aliphatic carbocycles. The molecule has 0 spiro atoms. The van der Waals surface area contributed by atoms with E-state index in [9.17, 15) is 13.2 Å². The van der Waals surface area contributed by atoms with Crippen molar-refractivity contribution in [1.82, 2.24) is 9.97 Å². The summed E-state index contributed by atoms with van der Waals surface area (Å²) in [6, 6.07) is 16.2. The van der Waals surface area contributed by atoms with E-state index in [1.165, 1.54) is 6.42 Å². The third kappa shape index (κ3) is 6.63. The number of rotatable bonds is 10. The van der Waals surface area contributed by atoms with Gasteiger partial charge in [0.1, 0.15) is 16.3 Å². The third-order valence-electron chi connectivity index (χ3n) is 4.78. The van der Waals surface area contributed by atoms with Gasteiger partial charge >= 0.3 is 6.18 Å². The van der Waals surface area contributed by atoms with E-state index in [0.717, 1.165) is 42.9 Å². The highest BCUT2D eigenvalue weighted by Gasteiger charge is 2.35. The fourth-order valence-electron chi connectivity index (χ4n) is 3.01. The molecule has 0 radical (unpaired) electrons. The maximum Gasteiger partial charge on any atom is 0.420 e. The van der Waals surface area contributed by atoms with E-state index < -0.39 is 11.7 Å². The Morgan fingerprint density at radius 2 is 1.78 bits per heavy atom. The van der Waals surface area contributed by atoms with Gasteiger partial charge in [-0.2, -0.15) is 13.2 Å². The summed E-state index contributed by atoms with van der Waals surface area (Å²) in [6.07, 6.45) is 0.754. The van der Waals surface area contributed by atoms with Crippen LogP contribution in [0, 0.1) is 0 Å². The van der Waals surface area contributed by atoms with Gasteiger partial charge in [0.25, 0.3) is 0 Å². The maximum atomic E-state index is 13.5. The summed E-state index contributed by atoms with van der Waals surface area (Å²) in [5.41, 5.74) is -0.126. The smallest absolute Gasteiger partial charge is 0.420 e. The second kappa shape index (κ2) is 11.2. The second-order valence-corrected chi connectivity index (χ2v) is 8.33. The van der Waals surface area contributed by atoms with Crippen LogP contribution in [-0.4, -0.2) is 23.6 Å². The molecule has 0 N–H and O–H groups in total. The van der Waals surface area contributed by atoms with Crippen LogP contribution in [0.5, 0.6) is 5.75 Å². The normalized spacial score (nSPS) is 11.4. The minimum Gasteiger partial charge on any atom is -0.494 e. The molecule has 3 aromatic rings. The highest BCUT2D eigenvalue weighted by molar-refractivity contribution is 7.99. The first-order valence-electron chi connectivity index (χ1n) is 10.5. The van der Waals surface area contributed by atoms with Gasteiger partial charge in [-0.1, -0.05) is 62.2 Å². The van der Waals surface area contributed by atoms with Crippen LogP contribution < -0.4 is 9.64 Å². The number of nitrogens with zero attached hydrogens (tertiary/aromatic N) is 3. The van der Waals surface area contributed by atoms with E-state index in [1.807, 2.05) is 30.3 Å². The number of alkyl halides is 3. The Bertz CT molecular complexity index is 999. The third-order valence-corrected chi connectivity index (χ3v) is 5.79. The van der Waals surface area contributed by atoms with Crippen LogP contribution in [0.4, 0.5) is 24.8 Å². The number of unbranched alkanes of at least 4 members (excludes halogenated alkanes) is 3. The molecule has 1 aromatic heterocycles. The van der Waals surface area contributed by atoms with Crippen molar-refractivity contribution < 1.29 is 17.9 Å². The molecule has 0 aliphatic heterocycles. The molecule has 0 unspecified atom stereocenters. The van der Waals surface area contributed by atoms with Crippen molar-refractivity contribution >= 4 is 23.4 Å². The van der Waals surface area contributed by atoms with E-state index in [2.05, 4.69) is 16.9 Å². The molecule has 3 rings (SSSR count). The van der Waals surface area contributed by atoms with E-state index in [-0.39, 0.29) is 11.0 Å². The Hall–Kier alpha value is -2.74. The SMILES string of the molecule is CCCCCCOc1cccc(N(C)c2ncc(C(F)(F)F)c(Sc3ccccc3)n2)c1. The van der Waals surface area contributed by atoms with Gasteiger partial charge in [0.2, 0.25) is 5.95 Å². The summed E-state index contributed by atoms with van der Waals surface area (Å²) in [5, 5.41) is -0.135. The molecule has 0 aliphatic rings. The van der Waals surface area contributed by atoms with Gasteiger partial charge < -0.3 is 9.64 Å². The summed E-state index contributed by atoms with van der Waals surface area (Å²) in [7, 11) is 1.72. The highest BCUT2D eigenvalue weighted by atomic mass is 32.2. The zero-order chi connectivity index (χ0) is 23.0. The van der Waals surface area contributed by atoms with E-state index in [4.69, 9.17) is 4.74 Å². The van der Waals surface area contributed by atoms with Crippen LogP contribution in [0.15, 0.2) is 70.7 Å². The minimum absolute atomic E-state index is 0.135. The van der Waals surface area contributed by atoms with Gasteiger partial charge in [-0.3, -0.25) is 0 Å². The van der Waals surface area contributed by atoms with Crippen molar-refractivity contribution in [3.05, 3.63) is 66.4 Å². The van der Waals surface area contributed by atoms with Crippen LogP contribution in [0.1, 0.15) is 38.2 Å². The number of hydrogen-bond donors (Lipinski definition) is 0. The molecular weight excluding hydrogens is 435 g/mol. The number of aromatic nitrogens is 2. The number of benzene rings is 2. The van der Waals surface area contributed by atoms with E-state index >= 15 is 0 Å². The topological polar surface area (TPSA) is 38.2 Å². The zero-order valence-electron chi connectivity index (χ0n) is 18.1. The molecule has 170 valence electrons. The lowest BCUT2D eigenvalue weighted by atomic mass is 10.2. The van der Waals surface area contributed by atoms with Crippen LogP contribution in [0.2, 0.25) is 0 Å². The molecule has 0 saturated heterocycles. The summed E-state index contributed by atoms with van der Waals surface area (Å²) in [6.45, 7) is 2.79. The Balaban J connectivity index is 1.81. The van der Waals surface area contributed by atoms with Crippen LogP contribution >= 0.6 is 11.8 Å². The molecule has 0 fully saturated rings. The average molecular weight is 462 g/mol. The lowest BCUT2D eigenvalue weighted by Crippen LogP contribution is -2.16. The van der Waals surface area contributed by atoms with Crippen molar-refractivity contribution in [1.29, 1.82) is 0 Å². The van der Waals surface area contributed by atoms with Crippen molar-refractivity contribution in [3.63, 3.8) is 0 Å². The molecule has 0 saturated carbocycles. The predicted octanol–water partition coefficient (Wildman–Crippen LogP) is 7.37. The molecule has 32 heavy (non-hydrogen) atoms. The van der Waals surface area contributed by atoms with Gasteiger partial charge in [0.15, 0.2) is 0 Å². The van der Waals surface area contributed by atoms with Crippen LogP contribution in [-0.2, 0) is 6.18 Å². The molecule has 0 amide bonds. The monoisotopic (exact) mass is 461 g/mol. The second-order valence-electron chi connectivity index (χ2n) is 7.27. The molecule has 8 heteroatoms. The van der Waals surface area contributed by atoms with Crippen LogP contribution in [0.25, 0.3) is 0 Å². The fraction of sp³-hybridized carbons (Fsp3) is 0.333. The Kier molecular flexibility index (Phi) is 8.39. The summed E-state index contributed by atoms with van der Waals surface area (Å²) in [5.74, 6) is 0.883. The maximum absolute atomic E-state index is 13.5. The molecule has 2 aromatic carbocycles. The van der Waals surface area contributed by atoms with Gasteiger partial charge in [-0.15, -0.1) is 0 Å². The molecule has 1 heterocycles. The first-order valence-corrected chi connectivity index (χ1v) is 11.3. The van der Waals surface area contributed by atoms with Crippen molar-refractivity contribution in [2.75, 3.05) is 18.6 Å². The summed E-state index contributed by atoms with van der Waals surface area (Å²) < 4.78 is 46.4. The van der Waals surface area contributed by atoms with Crippen LogP contribution in [0.3, 0.4) is 0 Å². The Labute approximate surface area is 190 Å². The van der Waals surface area contributed by atoms with E-state index in [0.29, 0.717) is 17.3 Å². The first-order chi connectivity index (χ1) is 15.4. The number of ether oxygens (including phenoxy) is 1. The van der Waals surface area contributed by atoms with Crippen molar-refractivity contribution in [3.8, 4) is 5.75 Å². The van der Waals surface area contributed by atoms with Gasteiger partial charge in [-0.05, 0) is 30.7 Å². The predicted molar refractivity (Wildman–Crippen MR) is 122 cm³/mol. The number of hydrogen-bond acceptors (Lipinski definition) is 5. The zero-order valence-corrected chi connectivity index (χ0v) is 18.9. The fourth-order valence-corrected chi connectivity index (χ4v) is 3.93. The largest absolute Gasteiger partial charge is 0.494 e. The Morgan fingerprint density at radius 1 is 1.00 bits per heavy atom. The minimum atomic E-state index is -4.54. The summed E-state index contributed by atoms with van der Waals surface area (Å²) >= 11 is 0.966. The molecular formula is C24H26F3N3OS. The number of halogens is 3. The quantitative estimate of drug-likeness (QED) is 0.233. The van der Waals surface area contributed by atoms with Gasteiger partial charge in [0, 0.05) is 29.9 Å². The average Bonchev–Trinajstić information content (AvgIpc) is 2.78. The highest BCUT2D eigenvalue weighted by Crippen LogP contribution is 2.39. The standard InChI is InChI=1S/C24H26F3N3OS/c1-3-4-5-9-15-31-19-12-10-11-18(16-19)30(2)23-28-17-21(24(25,26)27)22(29-23)32-20-13-7-6-8-14-20/h6-8,10-14,16-17H,3-5,9,15H2,1-2H3. The Morgan fingerprint density at radius 3 is 2.50 bits per heavy atom. The lowest BCUT2D eigenvalue weighted by Gasteiger charge is -2.20. The molecule has 0 atom stereocenters. The van der Waals surface area contributed by atoms with Crippen molar-refractivity contribution in [2.45, 2.75) is 48.7 Å². The molecule has 4 nitrogen and oxygen atoms in total. The van der Waals surface area contributed by atoms with Crippen molar-refractivity contribution in [2.24, 2.45) is 0 Å². The van der Waals surface area contributed by atoms with Gasteiger partial charge in [-0.25, -0.2) is 9.97 Å². The van der Waals surface area contributed by atoms with E-state index in [1.54, 1.807) is 36.2 Å². The lowest BCUT2D eigenvalue weighted by molar-refractivity contribution is -0.140.